The van der Waals surface area contributed by atoms with E-state index in [2.05, 4.69) is 10.1 Å². The molecule has 4 rings (SSSR count). The van der Waals surface area contributed by atoms with Crippen LogP contribution in [0, 0.1) is 10.1 Å². The Kier molecular flexibility index (Phi) is 8.46. The molecule has 3 unspecified atom stereocenters. The first-order chi connectivity index (χ1) is 17.6. The van der Waals surface area contributed by atoms with Gasteiger partial charge in [0.1, 0.15) is 24.1 Å². The molecule has 14 nitrogen and oxygen atoms in total. The van der Waals surface area contributed by atoms with E-state index in [4.69, 9.17) is 19.5 Å². The van der Waals surface area contributed by atoms with Crippen LogP contribution in [0.2, 0.25) is 0 Å². The van der Waals surface area contributed by atoms with Gasteiger partial charge in [0, 0.05) is 23.7 Å². The molecular weight excluding hydrogens is 529 g/mol. The number of ether oxygens (including phenoxy) is 1. The van der Waals surface area contributed by atoms with Crippen LogP contribution in [-0.2, 0) is 31.5 Å². The summed E-state index contributed by atoms with van der Waals surface area (Å²) in [5.41, 5.74) is 5.48. The van der Waals surface area contributed by atoms with Gasteiger partial charge in [-0.2, -0.15) is 4.98 Å². The summed E-state index contributed by atoms with van der Waals surface area (Å²) in [7, 11) is -4.05. The second-order valence-corrected chi connectivity index (χ2v) is 10.9. The molecule has 198 valence electrons. The SMILES string of the molecule is Nc1ccn([C@@H]2O[C@H](COP(=O)(NCc3ccccc3)OCc3ccc([N+](=O)[O-])s3)C(O)C2O)c(=O)n1. The van der Waals surface area contributed by atoms with Gasteiger partial charge in [0.2, 0.25) is 0 Å². The van der Waals surface area contributed by atoms with Gasteiger partial charge in [0.05, 0.1) is 18.1 Å². The number of nitro groups is 1. The van der Waals surface area contributed by atoms with Crippen molar-refractivity contribution < 1.29 is 33.5 Å². The maximum Gasteiger partial charge on any atom is 0.406 e. The quantitative estimate of drug-likeness (QED) is 0.152. The minimum Gasteiger partial charge on any atom is -0.387 e. The minimum absolute atomic E-state index is 0.0205. The first-order valence-electron chi connectivity index (χ1n) is 10.9. The van der Waals surface area contributed by atoms with Crippen LogP contribution in [0.25, 0.3) is 0 Å². The van der Waals surface area contributed by atoms with E-state index >= 15 is 0 Å². The van der Waals surface area contributed by atoms with Crippen LogP contribution in [0.4, 0.5) is 10.8 Å². The number of nitrogens with zero attached hydrogens (tertiary/aromatic N) is 3. The maximum atomic E-state index is 13.5. The van der Waals surface area contributed by atoms with Crippen LogP contribution < -0.4 is 16.5 Å². The van der Waals surface area contributed by atoms with E-state index in [-0.39, 0.29) is 24.0 Å². The Morgan fingerprint density at radius 3 is 2.62 bits per heavy atom. The predicted octanol–water partition coefficient (Wildman–Crippen LogP) is 1.55. The summed E-state index contributed by atoms with van der Waals surface area (Å²) < 4.78 is 31.2. The highest BCUT2D eigenvalue weighted by Gasteiger charge is 2.45. The summed E-state index contributed by atoms with van der Waals surface area (Å²) in [6, 6.07) is 13.1. The van der Waals surface area contributed by atoms with E-state index in [1.165, 1.54) is 24.4 Å². The second-order valence-electron chi connectivity index (χ2n) is 7.97. The highest BCUT2D eigenvalue weighted by Crippen LogP contribution is 2.46. The highest BCUT2D eigenvalue weighted by atomic mass is 32.1. The summed E-state index contributed by atoms with van der Waals surface area (Å²) in [4.78, 5) is 26.6. The smallest absolute Gasteiger partial charge is 0.387 e. The van der Waals surface area contributed by atoms with Crippen molar-refractivity contribution in [3.05, 3.63) is 85.8 Å². The van der Waals surface area contributed by atoms with Crippen molar-refractivity contribution >= 4 is 29.9 Å². The lowest BCUT2D eigenvalue weighted by Gasteiger charge is -2.22. The van der Waals surface area contributed by atoms with Crippen molar-refractivity contribution in [3.63, 3.8) is 0 Å². The molecule has 1 aliphatic heterocycles. The topological polar surface area (TPSA) is 201 Å². The molecule has 3 heterocycles. The Morgan fingerprint density at radius 1 is 1.19 bits per heavy atom. The first kappa shape index (κ1) is 27.0. The van der Waals surface area contributed by atoms with Gasteiger partial charge in [-0.15, -0.1) is 0 Å². The molecule has 0 saturated carbocycles. The average Bonchev–Trinajstić information content (AvgIpc) is 3.47. The number of nitrogen functional groups attached to an aromatic ring is 1. The number of anilines is 1. The lowest BCUT2D eigenvalue weighted by molar-refractivity contribution is -0.380. The monoisotopic (exact) mass is 553 g/mol. The fourth-order valence-corrected chi connectivity index (χ4v) is 5.60. The molecule has 5 atom stereocenters. The molecule has 0 spiro atoms. The van der Waals surface area contributed by atoms with Crippen molar-refractivity contribution in [3.8, 4) is 0 Å². The number of hydrogen-bond donors (Lipinski definition) is 4. The number of nitrogens with two attached hydrogens (primary N) is 1. The molecule has 0 aliphatic carbocycles. The molecule has 0 bridgehead atoms. The minimum atomic E-state index is -4.05. The number of aliphatic hydroxyl groups is 2. The van der Waals surface area contributed by atoms with Crippen molar-refractivity contribution in [2.75, 3.05) is 12.3 Å². The second kappa shape index (κ2) is 11.6. The number of hydrogen-bond acceptors (Lipinski definition) is 12. The third kappa shape index (κ3) is 6.66. The molecule has 5 N–H and O–H groups in total. The van der Waals surface area contributed by atoms with Gasteiger partial charge in [-0.3, -0.25) is 23.7 Å². The van der Waals surface area contributed by atoms with Gasteiger partial charge < -0.3 is 20.7 Å². The van der Waals surface area contributed by atoms with Crippen LogP contribution in [0.3, 0.4) is 0 Å². The van der Waals surface area contributed by atoms with E-state index < -0.39 is 49.5 Å². The molecule has 37 heavy (non-hydrogen) atoms. The maximum absolute atomic E-state index is 13.5. The summed E-state index contributed by atoms with van der Waals surface area (Å²) in [6.07, 6.45) is -4.20. The standard InChI is InChI=1S/C21H24N5O9PS/c22-16-8-9-25(21(29)24-16)20-19(28)18(27)15(35-20)12-34-36(32,23-10-13-4-2-1-3-5-13)33-11-14-6-7-17(37-14)26(30)31/h1-9,15,18-20,27-28H,10-12H2,(H,23,32)(H2,22,24,29)/t15-,18?,19?,20-,36?/m1/s1. The lowest BCUT2D eigenvalue weighted by Crippen LogP contribution is -2.36. The fourth-order valence-electron chi connectivity index (χ4n) is 3.49. The van der Waals surface area contributed by atoms with E-state index in [0.29, 0.717) is 4.88 Å². The summed E-state index contributed by atoms with van der Waals surface area (Å²) in [6.45, 7) is -0.618. The molecule has 16 heteroatoms. The van der Waals surface area contributed by atoms with Gasteiger partial charge >= 0.3 is 18.4 Å². The van der Waals surface area contributed by atoms with E-state index in [1.54, 1.807) is 24.3 Å². The normalized spacial score (nSPS) is 23.1. The zero-order valence-electron chi connectivity index (χ0n) is 19.2. The van der Waals surface area contributed by atoms with Crippen LogP contribution in [-0.4, -0.2) is 49.6 Å². The first-order valence-corrected chi connectivity index (χ1v) is 13.3. The average molecular weight is 553 g/mol. The van der Waals surface area contributed by atoms with Gasteiger partial charge in [-0.05, 0) is 17.7 Å². The van der Waals surface area contributed by atoms with Crippen LogP contribution >= 0.6 is 19.1 Å². The number of benzene rings is 1. The van der Waals surface area contributed by atoms with Gasteiger partial charge in [-0.1, -0.05) is 41.7 Å². The molecule has 0 radical (unpaired) electrons. The molecule has 1 aromatic carbocycles. The van der Waals surface area contributed by atoms with Gasteiger partial charge in [0.25, 0.3) is 0 Å². The summed E-state index contributed by atoms with van der Waals surface area (Å²) >= 11 is 0.867. The van der Waals surface area contributed by atoms with Crippen LogP contribution in [0.15, 0.2) is 59.5 Å². The van der Waals surface area contributed by atoms with Gasteiger partial charge in [0.15, 0.2) is 6.23 Å². The number of thiophene rings is 1. The van der Waals surface area contributed by atoms with Gasteiger partial charge in [-0.25, -0.2) is 14.4 Å². The number of aromatic nitrogens is 2. The Morgan fingerprint density at radius 2 is 1.95 bits per heavy atom. The van der Waals surface area contributed by atoms with E-state index in [1.807, 2.05) is 6.07 Å². The molecule has 1 aliphatic rings. The van der Waals surface area contributed by atoms with Crippen molar-refractivity contribution in [1.29, 1.82) is 0 Å². The fraction of sp³-hybridized carbons (Fsp3) is 0.333. The molecule has 1 fully saturated rings. The third-order valence-electron chi connectivity index (χ3n) is 5.40. The predicted molar refractivity (Wildman–Crippen MR) is 131 cm³/mol. The molecule has 2 aromatic heterocycles. The molecule has 0 amide bonds. The van der Waals surface area contributed by atoms with E-state index in [0.717, 1.165) is 21.5 Å². The van der Waals surface area contributed by atoms with Crippen molar-refractivity contribution in [1.82, 2.24) is 14.6 Å². The van der Waals surface area contributed by atoms with Crippen molar-refractivity contribution in [2.24, 2.45) is 0 Å². The molecule has 3 aromatic rings. The zero-order valence-corrected chi connectivity index (χ0v) is 20.9. The molecule has 1 saturated heterocycles. The zero-order chi connectivity index (χ0) is 26.6. The Labute approximate surface area is 214 Å². The third-order valence-corrected chi connectivity index (χ3v) is 7.91. The van der Waals surface area contributed by atoms with Crippen molar-refractivity contribution in [2.45, 2.75) is 37.7 Å². The highest BCUT2D eigenvalue weighted by molar-refractivity contribution is 7.51. The lowest BCUT2D eigenvalue weighted by atomic mass is 10.1. The Bertz CT molecular complexity index is 1340. The largest absolute Gasteiger partial charge is 0.406 e. The Hall–Kier alpha value is -3.01. The number of rotatable bonds is 11. The summed E-state index contributed by atoms with van der Waals surface area (Å²) in [5, 5.41) is 34.5. The number of nitrogens with one attached hydrogen (secondary N) is 1. The number of aliphatic hydroxyl groups excluding tert-OH is 2. The van der Waals surface area contributed by atoms with Crippen LogP contribution in [0.1, 0.15) is 16.7 Å². The van der Waals surface area contributed by atoms with Crippen LogP contribution in [0.5, 0.6) is 0 Å². The molecular formula is C21H24N5O9PS. The summed E-state index contributed by atoms with van der Waals surface area (Å²) in [5.74, 6) is -0.0205. The van der Waals surface area contributed by atoms with E-state index in [9.17, 15) is 29.7 Å². The Balaban J connectivity index is 1.45.